The third kappa shape index (κ3) is 3.58. The van der Waals surface area contributed by atoms with Crippen molar-refractivity contribution in [3.8, 4) is 5.75 Å². The number of halogens is 1. The Labute approximate surface area is 219 Å². The number of aliphatic hydroxyl groups is 1. The van der Waals surface area contributed by atoms with Crippen LogP contribution in [-0.2, 0) is 9.59 Å². The zero-order valence-corrected chi connectivity index (χ0v) is 21.2. The van der Waals surface area contributed by atoms with Crippen molar-refractivity contribution < 1.29 is 19.8 Å². The minimum atomic E-state index is -0.984. The van der Waals surface area contributed by atoms with Gasteiger partial charge in [0, 0.05) is 11.2 Å². The van der Waals surface area contributed by atoms with Crippen LogP contribution in [0.3, 0.4) is 0 Å². The lowest BCUT2D eigenvalue weighted by Gasteiger charge is -2.22. The molecule has 8 nitrogen and oxygen atoms in total. The van der Waals surface area contributed by atoms with Gasteiger partial charge in [0.2, 0.25) is 0 Å². The largest absolute Gasteiger partial charge is 0.508 e. The zero-order valence-electron chi connectivity index (χ0n) is 19.6. The van der Waals surface area contributed by atoms with Gasteiger partial charge in [-0.15, -0.1) is 0 Å². The fourth-order valence-corrected chi connectivity index (χ4v) is 5.93. The molecule has 5 aromatic rings. The highest BCUT2D eigenvalue weighted by atomic mass is 35.5. The number of phenolic OH excluding ortho intramolecular Hbond substituents is 1. The first kappa shape index (κ1) is 23.2. The van der Waals surface area contributed by atoms with Gasteiger partial charge in [-0.2, -0.15) is 0 Å². The number of benzene rings is 2. The van der Waals surface area contributed by atoms with E-state index in [9.17, 15) is 19.8 Å². The van der Waals surface area contributed by atoms with Crippen LogP contribution in [0.1, 0.15) is 28.6 Å². The highest BCUT2D eigenvalue weighted by Gasteiger charge is 2.48. The zero-order chi connectivity index (χ0) is 26.0. The molecule has 2 N–H and O–H groups in total. The van der Waals surface area contributed by atoms with E-state index < -0.39 is 17.7 Å². The van der Waals surface area contributed by atoms with Crippen LogP contribution < -0.4 is 4.90 Å². The summed E-state index contributed by atoms with van der Waals surface area (Å²) in [4.78, 5) is 37.4. The fraction of sp³-hybridized carbons (Fsp3) is 0.111. The number of fused-ring (bicyclic) bond motifs is 2. The number of carbonyl (C=O) groups is 2. The third-order valence-corrected chi connectivity index (χ3v) is 7.76. The first-order chi connectivity index (χ1) is 17.7. The number of carbonyl (C=O) groups excluding carboxylic acids is 2. The van der Waals surface area contributed by atoms with Crippen LogP contribution in [0.4, 0.5) is 5.13 Å². The lowest BCUT2D eigenvalue weighted by molar-refractivity contribution is -0.132. The van der Waals surface area contributed by atoms with Crippen molar-refractivity contribution in [1.29, 1.82) is 0 Å². The summed E-state index contributed by atoms with van der Waals surface area (Å²) in [7, 11) is 0. The summed E-state index contributed by atoms with van der Waals surface area (Å²) >= 11 is 7.36. The topological polar surface area (TPSA) is 108 Å². The molecule has 1 amide bonds. The highest BCUT2D eigenvalue weighted by Crippen LogP contribution is 2.45. The molecule has 0 radical (unpaired) electrons. The number of pyridine rings is 1. The first-order valence-corrected chi connectivity index (χ1v) is 12.5. The van der Waals surface area contributed by atoms with E-state index >= 15 is 0 Å². The van der Waals surface area contributed by atoms with Gasteiger partial charge >= 0.3 is 5.91 Å². The average molecular weight is 531 g/mol. The normalized spacial score (nSPS) is 17.4. The van der Waals surface area contributed by atoms with E-state index in [4.69, 9.17) is 11.6 Å². The van der Waals surface area contributed by atoms with Gasteiger partial charge < -0.3 is 14.6 Å². The fourth-order valence-electron chi connectivity index (χ4n) is 4.67. The molecule has 0 spiro atoms. The number of thiazole rings is 1. The number of aliphatic hydroxyl groups excluding tert-OH is 1. The molecular formula is C27H19ClN4O4S. The molecule has 1 atom stereocenters. The number of hydrogen-bond acceptors (Lipinski definition) is 7. The van der Waals surface area contributed by atoms with Gasteiger partial charge in [0.15, 0.2) is 10.9 Å². The van der Waals surface area contributed by atoms with Crippen LogP contribution >= 0.6 is 22.9 Å². The number of phenols is 1. The maximum Gasteiger partial charge on any atom is 0.301 e. The molecule has 1 saturated heterocycles. The Hall–Kier alpha value is -4.21. The van der Waals surface area contributed by atoms with Gasteiger partial charge in [-0.1, -0.05) is 41.1 Å². The van der Waals surface area contributed by atoms with E-state index in [2.05, 4.69) is 9.97 Å². The molecule has 1 fully saturated rings. The van der Waals surface area contributed by atoms with Crippen LogP contribution in [0.2, 0.25) is 5.02 Å². The summed E-state index contributed by atoms with van der Waals surface area (Å²) in [6.07, 6.45) is 1.82. The molecular weight excluding hydrogens is 512 g/mol. The molecule has 0 bridgehead atoms. The number of aryl methyl sites for hydroxylation is 2. The smallest absolute Gasteiger partial charge is 0.301 e. The minimum Gasteiger partial charge on any atom is -0.508 e. The molecule has 37 heavy (non-hydrogen) atoms. The summed E-state index contributed by atoms with van der Waals surface area (Å²) in [5.41, 5.74) is 3.43. The number of Topliss-reactive ketones (excluding diaryl/α,β-unsaturated/α-hetero) is 1. The molecule has 0 aliphatic carbocycles. The summed E-state index contributed by atoms with van der Waals surface area (Å²) in [5, 5.41) is 22.2. The second-order valence-corrected chi connectivity index (χ2v) is 10.2. The first-order valence-electron chi connectivity index (χ1n) is 11.4. The number of amides is 1. The Morgan fingerprint density at radius 1 is 1.05 bits per heavy atom. The van der Waals surface area contributed by atoms with Crippen LogP contribution in [0.15, 0.2) is 66.4 Å². The Bertz CT molecular complexity index is 1790. The van der Waals surface area contributed by atoms with E-state index in [0.29, 0.717) is 32.6 Å². The lowest BCUT2D eigenvalue weighted by Crippen LogP contribution is -2.29. The number of aromatic nitrogens is 3. The van der Waals surface area contributed by atoms with E-state index in [0.717, 1.165) is 10.3 Å². The van der Waals surface area contributed by atoms with Crippen molar-refractivity contribution >= 4 is 61.4 Å². The third-order valence-electron chi connectivity index (χ3n) is 6.51. The van der Waals surface area contributed by atoms with Crippen molar-refractivity contribution in [3.05, 3.63) is 93.9 Å². The average Bonchev–Trinajstić information content (AvgIpc) is 3.52. The highest BCUT2D eigenvalue weighted by molar-refractivity contribution is 7.22. The molecule has 4 heterocycles. The molecule has 6 rings (SSSR count). The second-order valence-electron chi connectivity index (χ2n) is 8.80. The Balaban J connectivity index is 1.60. The maximum atomic E-state index is 13.5. The van der Waals surface area contributed by atoms with Gasteiger partial charge in [0.05, 0.1) is 27.5 Å². The number of rotatable bonds is 3. The Morgan fingerprint density at radius 2 is 1.81 bits per heavy atom. The van der Waals surface area contributed by atoms with Crippen molar-refractivity contribution in [2.75, 3.05) is 4.90 Å². The Morgan fingerprint density at radius 3 is 2.54 bits per heavy atom. The van der Waals surface area contributed by atoms with Crippen molar-refractivity contribution in [1.82, 2.24) is 14.4 Å². The van der Waals surface area contributed by atoms with Crippen LogP contribution in [0.5, 0.6) is 5.75 Å². The summed E-state index contributed by atoms with van der Waals surface area (Å²) < 4.78 is 2.58. The van der Waals surface area contributed by atoms with Crippen molar-refractivity contribution in [2.45, 2.75) is 19.9 Å². The SMILES string of the molecule is Cc1cccn2c(C)c(C(O)=C3C(=O)C(=O)N(c4nc5ccc(Cl)cc5s4)C3c3ccc(O)cc3)nc12. The summed E-state index contributed by atoms with van der Waals surface area (Å²) in [6, 6.07) is 14.1. The van der Waals surface area contributed by atoms with Crippen LogP contribution in [0.25, 0.3) is 21.6 Å². The van der Waals surface area contributed by atoms with E-state index in [1.807, 2.05) is 29.7 Å². The molecule has 184 valence electrons. The summed E-state index contributed by atoms with van der Waals surface area (Å²) in [6.45, 7) is 3.69. The van der Waals surface area contributed by atoms with E-state index in [1.165, 1.54) is 28.4 Å². The van der Waals surface area contributed by atoms with Crippen LogP contribution in [-0.4, -0.2) is 36.3 Å². The number of ketones is 1. The molecule has 0 saturated carbocycles. The van der Waals surface area contributed by atoms with Gasteiger partial charge in [-0.05, 0) is 61.4 Å². The molecule has 1 aliphatic rings. The number of imidazole rings is 1. The van der Waals surface area contributed by atoms with E-state index in [-0.39, 0.29) is 22.8 Å². The molecule has 2 aromatic carbocycles. The van der Waals surface area contributed by atoms with Crippen LogP contribution in [0, 0.1) is 13.8 Å². The Kier molecular flexibility index (Phi) is 5.29. The minimum absolute atomic E-state index is 0.0296. The standard InChI is InChI=1S/C27H19ClN4O4S/c1-13-4-3-11-31-14(2)21(30-25(13)31)23(34)20-22(15-5-8-17(33)9-6-15)32(26(36)24(20)35)27-29-18-10-7-16(28)12-19(18)37-27/h3-12,22,33-34H,1-2H3. The van der Waals surface area contributed by atoms with Crippen molar-refractivity contribution in [2.24, 2.45) is 0 Å². The molecule has 1 unspecified atom stereocenters. The number of hydrogen-bond donors (Lipinski definition) is 2. The van der Waals surface area contributed by atoms with Gasteiger partial charge in [0.1, 0.15) is 17.1 Å². The monoisotopic (exact) mass is 530 g/mol. The predicted octanol–water partition coefficient (Wildman–Crippen LogP) is 5.55. The second kappa shape index (κ2) is 8.43. The number of anilines is 1. The molecule has 1 aliphatic heterocycles. The molecule has 3 aromatic heterocycles. The number of nitrogens with zero attached hydrogens (tertiary/aromatic N) is 4. The van der Waals surface area contributed by atoms with Crippen molar-refractivity contribution in [3.63, 3.8) is 0 Å². The van der Waals surface area contributed by atoms with Gasteiger partial charge in [0.25, 0.3) is 5.78 Å². The van der Waals surface area contributed by atoms with Gasteiger partial charge in [-0.3, -0.25) is 14.5 Å². The number of aromatic hydroxyl groups is 1. The quantitative estimate of drug-likeness (QED) is 0.180. The summed E-state index contributed by atoms with van der Waals surface area (Å²) in [5.74, 6) is -2.01. The molecule has 10 heteroatoms. The van der Waals surface area contributed by atoms with Gasteiger partial charge in [-0.25, -0.2) is 9.97 Å². The van der Waals surface area contributed by atoms with E-state index in [1.54, 1.807) is 37.3 Å². The maximum absolute atomic E-state index is 13.5. The lowest BCUT2D eigenvalue weighted by atomic mass is 9.96. The predicted molar refractivity (Wildman–Crippen MR) is 142 cm³/mol.